The van der Waals surface area contributed by atoms with Crippen LogP contribution in [0.1, 0.15) is 39.0 Å². The molecule has 0 bridgehead atoms. The van der Waals surface area contributed by atoms with Crippen molar-refractivity contribution in [3.8, 4) is 0 Å². The second-order valence-electron chi connectivity index (χ2n) is 5.77. The highest BCUT2D eigenvalue weighted by Crippen LogP contribution is 2.37. The third-order valence-electron chi connectivity index (χ3n) is 4.43. The zero-order valence-corrected chi connectivity index (χ0v) is 13.0. The predicted octanol–water partition coefficient (Wildman–Crippen LogP) is 0.910. The summed E-state index contributed by atoms with van der Waals surface area (Å²) in [5, 5.41) is 2.75. The van der Waals surface area contributed by atoms with Gasteiger partial charge in [-0.25, -0.2) is 0 Å². The summed E-state index contributed by atoms with van der Waals surface area (Å²) in [4.78, 5) is 25.3. The van der Waals surface area contributed by atoms with E-state index in [1.165, 1.54) is 0 Å². The Morgan fingerprint density at radius 1 is 1.25 bits per heavy atom. The Morgan fingerprint density at radius 3 is 2.65 bits per heavy atom. The molecule has 2 fully saturated rings. The number of nitrogens with zero attached hydrogens (tertiary/aromatic N) is 1. The van der Waals surface area contributed by atoms with Gasteiger partial charge in [0, 0.05) is 38.5 Å². The van der Waals surface area contributed by atoms with Gasteiger partial charge in [0.1, 0.15) is 0 Å². The van der Waals surface area contributed by atoms with Crippen LogP contribution in [0.5, 0.6) is 0 Å². The molecular formula is C14H26ClN3O2. The lowest BCUT2D eigenvalue weighted by Crippen LogP contribution is -2.33. The van der Waals surface area contributed by atoms with Gasteiger partial charge in [0.2, 0.25) is 11.8 Å². The Bertz CT molecular complexity index is 351. The van der Waals surface area contributed by atoms with Crippen molar-refractivity contribution >= 4 is 24.2 Å². The van der Waals surface area contributed by atoms with Gasteiger partial charge >= 0.3 is 0 Å². The van der Waals surface area contributed by atoms with Crippen LogP contribution < -0.4 is 11.1 Å². The van der Waals surface area contributed by atoms with E-state index in [1.807, 2.05) is 11.8 Å². The monoisotopic (exact) mass is 303 g/mol. The molecule has 1 saturated carbocycles. The lowest BCUT2D eigenvalue weighted by molar-refractivity contribution is -0.130. The molecule has 3 unspecified atom stereocenters. The first-order valence-electron chi connectivity index (χ1n) is 7.42. The molecule has 2 rings (SSSR count). The molecule has 5 nitrogen and oxygen atoms in total. The van der Waals surface area contributed by atoms with Crippen molar-refractivity contribution in [1.82, 2.24) is 10.2 Å². The van der Waals surface area contributed by atoms with Gasteiger partial charge < -0.3 is 16.0 Å². The van der Waals surface area contributed by atoms with Crippen LogP contribution in [0.3, 0.4) is 0 Å². The molecule has 1 heterocycles. The molecule has 6 heteroatoms. The molecule has 116 valence electrons. The second kappa shape index (κ2) is 7.84. The normalized spacial score (nSPS) is 27.9. The number of fused-ring (bicyclic) bond motifs is 1. The third-order valence-corrected chi connectivity index (χ3v) is 4.43. The van der Waals surface area contributed by atoms with Crippen molar-refractivity contribution in [2.24, 2.45) is 17.6 Å². The lowest BCUT2D eigenvalue weighted by Gasteiger charge is -2.18. The fourth-order valence-corrected chi connectivity index (χ4v) is 3.35. The van der Waals surface area contributed by atoms with E-state index in [-0.39, 0.29) is 30.3 Å². The summed E-state index contributed by atoms with van der Waals surface area (Å²) in [6.07, 6.45) is 3.83. The first-order valence-corrected chi connectivity index (χ1v) is 7.42. The predicted molar refractivity (Wildman–Crippen MR) is 80.6 cm³/mol. The number of carbonyl (C=O) groups excluding carboxylic acids is 2. The fourth-order valence-electron chi connectivity index (χ4n) is 3.35. The average molecular weight is 304 g/mol. The van der Waals surface area contributed by atoms with E-state index in [2.05, 4.69) is 5.32 Å². The molecule has 2 aliphatic rings. The number of nitrogens with two attached hydrogens (primary N) is 1. The number of amides is 2. The van der Waals surface area contributed by atoms with Crippen LogP contribution in [0, 0.1) is 11.8 Å². The molecular weight excluding hydrogens is 278 g/mol. The molecule has 3 N–H and O–H groups in total. The minimum absolute atomic E-state index is 0. The van der Waals surface area contributed by atoms with Crippen LogP contribution in [-0.4, -0.2) is 42.4 Å². The van der Waals surface area contributed by atoms with E-state index in [0.29, 0.717) is 37.6 Å². The lowest BCUT2D eigenvalue weighted by atomic mass is 9.98. The van der Waals surface area contributed by atoms with Gasteiger partial charge in [0.15, 0.2) is 0 Å². The van der Waals surface area contributed by atoms with Crippen LogP contribution >= 0.6 is 12.4 Å². The van der Waals surface area contributed by atoms with Crippen LogP contribution in [0.4, 0.5) is 0 Å². The summed E-state index contributed by atoms with van der Waals surface area (Å²) in [6, 6.07) is 0.276. The molecule has 1 aliphatic heterocycles. The van der Waals surface area contributed by atoms with Crippen LogP contribution in [0.25, 0.3) is 0 Å². The molecule has 1 aliphatic carbocycles. The number of likely N-dealkylation sites (tertiary alicyclic amines) is 1. The van der Waals surface area contributed by atoms with E-state index >= 15 is 0 Å². The van der Waals surface area contributed by atoms with Crippen LogP contribution in [0.15, 0.2) is 0 Å². The van der Waals surface area contributed by atoms with Gasteiger partial charge in [0.05, 0.1) is 0 Å². The SMILES string of the molecule is CCNC(=O)CCCC(=O)N1CC2CCC(N)C2C1.Cl. The molecule has 0 spiro atoms. The largest absolute Gasteiger partial charge is 0.356 e. The maximum atomic E-state index is 12.1. The van der Waals surface area contributed by atoms with E-state index in [1.54, 1.807) is 0 Å². The number of rotatable bonds is 5. The first kappa shape index (κ1) is 17.2. The molecule has 1 saturated heterocycles. The third kappa shape index (κ3) is 4.09. The summed E-state index contributed by atoms with van der Waals surface area (Å²) in [5.74, 6) is 1.34. The minimum atomic E-state index is 0. The Hall–Kier alpha value is -0.810. The Balaban J connectivity index is 0.00000200. The Kier molecular flexibility index (Phi) is 6.76. The highest BCUT2D eigenvalue weighted by Gasteiger charge is 2.42. The van der Waals surface area contributed by atoms with Gasteiger partial charge in [-0.05, 0) is 38.0 Å². The second-order valence-corrected chi connectivity index (χ2v) is 5.77. The van der Waals surface area contributed by atoms with Crippen molar-refractivity contribution in [1.29, 1.82) is 0 Å². The molecule has 0 aromatic carbocycles. The number of nitrogens with one attached hydrogen (secondary N) is 1. The summed E-state index contributed by atoms with van der Waals surface area (Å²) < 4.78 is 0. The minimum Gasteiger partial charge on any atom is -0.356 e. The highest BCUT2D eigenvalue weighted by atomic mass is 35.5. The number of hydrogen-bond donors (Lipinski definition) is 2. The van der Waals surface area contributed by atoms with Gasteiger partial charge in [-0.2, -0.15) is 0 Å². The van der Waals surface area contributed by atoms with E-state index < -0.39 is 0 Å². The Labute approximate surface area is 127 Å². The van der Waals surface area contributed by atoms with Gasteiger partial charge in [-0.1, -0.05) is 0 Å². The smallest absolute Gasteiger partial charge is 0.222 e. The van der Waals surface area contributed by atoms with E-state index in [9.17, 15) is 9.59 Å². The molecule has 0 aromatic heterocycles. The van der Waals surface area contributed by atoms with Gasteiger partial charge in [-0.3, -0.25) is 9.59 Å². The van der Waals surface area contributed by atoms with Crippen molar-refractivity contribution in [2.45, 2.75) is 45.1 Å². The highest BCUT2D eigenvalue weighted by molar-refractivity contribution is 5.85. The molecule has 0 radical (unpaired) electrons. The topological polar surface area (TPSA) is 75.4 Å². The fraction of sp³-hybridized carbons (Fsp3) is 0.857. The zero-order valence-electron chi connectivity index (χ0n) is 12.1. The standard InChI is InChI=1S/C14H25N3O2.ClH/c1-2-16-13(18)4-3-5-14(19)17-8-10-6-7-12(15)11(10)9-17;/h10-12H,2-9,15H2,1H3,(H,16,18);1H. The van der Waals surface area contributed by atoms with E-state index in [4.69, 9.17) is 5.73 Å². The number of carbonyl (C=O) groups is 2. The van der Waals surface area contributed by atoms with Crippen molar-refractivity contribution in [3.05, 3.63) is 0 Å². The maximum absolute atomic E-state index is 12.1. The average Bonchev–Trinajstić information content (AvgIpc) is 2.92. The zero-order chi connectivity index (χ0) is 13.8. The summed E-state index contributed by atoms with van der Waals surface area (Å²) in [6.45, 7) is 4.25. The quantitative estimate of drug-likeness (QED) is 0.793. The summed E-state index contributed by atoms with van der Waals surface area (Å²) in [5.41, 5.74) is 6.06. The maximum Gasteiger partial charge on any atom is 0.222 e. The number of halogens is 1. The van der Waals surface area contributed by atoms with Crippen LogP contribution in [0.2, 0.25) is 0 Å². The summed E-state index contributed by atoms with van der Waals surface area (Å²) in [7, 11) is 0. The van der Waals surface area contributed by atoms with Gasteiger partial charge in [-0.15, -0.1) is 12.4 Å². The van der Waals surface area contributed by atoms with E-state index in [0.717, 1.165) is 25.9 Å². The van der Waals surface area contributed by atoms with Gasteiger partial charge in [0.25, 0.3) is 0 Å². The number of hydrogen-bond acceptors (Lipinski definition) is 3. The molecule has 3 atom stereocenters. The van der Waals surface area contributed by atoms with Crippen LogP contribution in [-0.2, 0) is 9.59 Å². The summed E-state index contributed by atoms with van der Waals surface area (Å²) >= 11 is 0. The molecule has 2 amide bonds. The van der Waals surface area contributed by atoms with Crippen molar-refractivity contribution in [3.63, 3.8) is 0 Å². The molecule has 20 heavy (non-hydrogen) atoms. The van der Waals surface area contributed by atoms with Crippen molar-refractivity contribution in [2.75, 3.05) is 19.6 Å². The van der Waals surface area contributed by atoms with Crippen molar-refractivity contribution < 1.29 is 9.59 Å². The first-order chi connectivity index (χ1) is 9.11. The Morgan fingerprint density at radius 2 is 2.00 bits per heavy atom. The molecule has 0 aromatic rings.